The van der Waals surface area contributed by atoms with E-state index < -0.39 is 0 Å². The summed E-state index contributed by atoms with van der Waals surface area (Å²) in [7, 11) is 0. The first-order valence-electron chi connectivity index (χ1n) is 3.74. The first-order chi connectivity index (χ1) is 4.38. The van der Waals surface area contributed by atoms with Crippen molar-refractivity contribution < 1.29 is 0 Å². The summed E-state index contributed by atoms with van der Waals surface area (Å²) in [5.74, 6) is 0.843. The Labute approximate surface area is 57.1 Å². The van der Waals surface area contributed by atoms with Crippen LogP contribution in [0.4, 0.5) is 0 Å². The maximum atomic E-state index is 3.40. The summed E-state index contributed by atoms with van der Waals surface area (Å²) in [4.78, 5) is 0. The summed E-state index contributed by atoms with van der Waals surface area (Å²) in [6.45, 7) is 5.35. The van der Waals surface area contributed by atoms with Gasteiger partial charge in [-0.1, -0.05) is 19.1 Å². The predicted octanol–water partition coefficient (Wildman–Crippen LogP) is 1.56. The van der Waals surface area contributed by atoms with Crippen molar-refractivity contribution in [2.45, 2.75) is 26.3 Å². The Balaban J connectivity index is 2.09. The second-order valence-corrected chi connectivity index (χ2v) is 2.59. The molecule has 0 heterocycles. The van der Waals surface area contributed by atoms with Gasteiger partial charge in [0.25, 0.3) is 0 Å². The molecule has 0 bridgehead atoms. The summed E-state index contributed by atoms with van der Waals surface area (Å²) >= 11 is 0. The Hall–Kier alpha value is -0.300. The van der Waals surface area contributed by atoms with E-state index >= 15 is 0 Å². The molecule has 0 aromatic rings. The Morgan fingerprint density at radius 1 is 1.67 bits per heavy atom. The number of hydrogen-bond donors (Lipinski definition) is 1. The van der Waals surface area contributed by atoms with Crippen LogP contribution in [0.1, 0.15) is 20.3 Å². The SMILES string of the molecule is CC=CC1CC1NCC. The fourth-order valence-electron chi connectivity index (χ4n) is 1.17. The van der Waals surface area contributed by atoms with Gasteiger partial charge in [-0.2, -0.15) is 0 Å². The van der Waals surface area contributed by atoms with Crippen molar-refractivity contribution in [3.63, 3.8) is 0 Å². The van der Waals surface area contributed by atoms with Gasteiger partial charge >= 0.3 is 0 Å². The molecule has 1 heteroatoms. The zero-order valence-electron chi connectivity index (χ0n) is 6.22. The van der Waals surface area contributed by atoms with E-state index in [1.54, 1.807) is 0 Å². The molecule has 52 valence electrons. The van der Waals surface area contributed by atoms with E-state index in [1.165, 1.54) is 6.42 Å². The van der Waals surface area contributed by atoms with Crippen molar-refractivity contribution >= 4 is 0 Å². The molecule has 2 unspecified atom stereocenters. The average molecular weight is 125 g/mol. The van der Waals surface area contributed by atoms with Gasteiger partial charge in [-0.3, -0.25) is 0 Å². The van der Waals surface area contributed by atoms with Crippen LogP contribution < -0.4 is 5.32 Å². The molecular weight excluding hydrogens is 110 g/mol. The smallest absolute Gasteiger partial charge is 0.0136 e. The first kappa shape index (κ1) is 6.81. The maximum Gasteiger partial charge on any atom is 0.0136 e. The van der Waals surface area contributed by atoms with E-state index in [4.69, 9.17) is 0 Å². The van der Waals surface area contributed by atoms with Gasteiger partial charge in [0.15, 0.2) is 0 Å². The summed E-state index contributed by atoms with van der Waals surface area (Å²) in [6, 6.07) is 0.797. The predicted molar refractivity (Wildman–Crippen MR) is 40.4 cm³/mol. The molecule has 1 rings (SSSR count). The van der Waals surface area contributed by atoms with Crippen LogP contribution in [0.15, 0.2) is 12.2 Å². The molecule has 0 aromatic carbocycles. The molecule has 1 nitrogen and oxygen atoms in total. The summed E-state index contributed by atoms with van der Waals surface area (Å²) in [5, 5.41) is 3.40. The van der Waals surface area contributed by atoms with Gasteiger partial charge in [0, 0.05) is 6.04 Å². The zero-order valence-corrected chi connectivity index (χ0v) is 6.22. The van der Waals surface area contributed by atoms with Gasteiger partial charge in [-0.05, 0) is 25.8 Å². The molecule has 1 aliphatic carbocycles. The van der Waals surface area contributed by atoms with Gasteiger partial charge in [0.05, 0.1) is 0 Å². The van der Waals surface area contributed by atoms with Crippen LogP contribution in [0.5, 0.6) is 0 Å². The first-order valence-corrected chi connectivity index (χ1v) is 3.74. The highest BCUT2D eigenvalue weighted by Crippen LogP contribution is 2.31. The summed E-state index contributed by atoms with van der Waals surface area (Å²) in [6.07, 6.45) is 5.77. The maximum absolute atomic E-state index is 3.40. The van der Waals surface area contributed by atoms with E-state index in [0.29, 0.717) is 0 Å². The lowest BCUT2D eigenvalue weighted by atomic mass is 10.3. The minimum Gasteiger partial charge on any atom is -0.314 e. The lowest BCUT2D eigenvalue weighted by Gasteiger charge is -1.93. The molecule has 0 aliphatic heterocycles. The third-order valence-corrected chi connectivity index (χ3v) is 1.75. The standard InChI is InChI=1S/C8H15N/c1-3-5-7-6-8(7)9-4-2/h3,5,7-9H,4,6H2,1-2H3. The van der Waals surface area contributed by atoms with E-state index in [-0.39, 0.29) is 0 Å². The van der Waals surface area contributed by atoms with Crippen LogP contribution >= 0.6 is 0 Å². The zero-order chi connectivity index (χ0) is 6.69. The molecule has 1 saturated carbocycles. The quantitative estimate of drug-likeness (QED) is 0.564. The molecule has 0 amide bonds. The number of rotatable bonds is 3. The highest BCUT2D eigenvalue weighted by atomic mass is 15.0. The molecule has 1 N–H and O–H groups in total. The highest BCUT2D eigenvalue weighted by molar-refractivity contribution is 5.05. The molecule has 0 radical (unpaired) electrons. The molecule has 0 aromatic heterocycles. The third kappa shape index (κ3) is 1.83. The second kappa shape index (κ2) is 3.02. The van der Waals surface area contributed by atoms with Gasteiger partial charge in [-0.25, -0.2) is 0 Å². The molecule has 0 saturated heterocycles. The van der Waals surface area contributed by atoms with Crippen molar-refractivity contribution in [3.05, 3.63) is 12.2 Å². The molecule has 0 spiro atoms. The van der Waals surface area contributed by atoms with Crippen LogP contribution in [0.3, 0.4) is 0 Å². The topological polar surface area (TPSA) is 12.0 Å². The van der Waals surface area contributed by atoms with Crippen LogP contribution in [0.25, 0.3) is 0 Å². The Morgan fingerprint density at radius 3 is 3.00 bits per heavy atom. The fraction of sp³-hybridized carbons (Fsp3) is 0.750. The number of nitrogens with one attached hydrogen (secondary N) is 1. The Kier molecular flexibility index (Phi) is 2.29. The van der Waals surface area contributed by atoms with Gasteiger partial charge in [-0.15, -0.1) is 0 Å². The van der Waals surface area contributed by atoms with Crippen LogP contribution in [0.2, 0.25) is 0 Å². The van der Waals surface area contributed by atoms with Crippen LogP contribution in [-0.4, -0.2) is 12.6 Å². The van der Waals surface area contributed by atoms with Crippen molar-refractivity contribution in [2.24, 2.45) is 5.92 Å². The minimum absolute atomic E-state index is 0.797. The molecule has 9 heavy (non-hydrogen) atoms. The highest BCUT2D eigenvalue weighted by Gasteiger charge is 2.33. The van der Waals surface area contributed by atoms with Gasteiger partial charge in [0.1, 0.15) is 0 Å². The van der Waals surface area contributed by atoms with Crippen molar-refractivity contribution in [2.75, 3.05) is 6.54 Å². The lowest BCUT2D eigenvalue weighted by Crippen LogP contribution is -2.16. The van der Waals surface area contributed by atoms with Crippen molar-refractivity contribution in [1.29, 1.82) is 0 Å². The Bertz CT molecular complexity index is 107. The number of hydrogen-bond acceptors (Lipinski definition) is 1. The average Bonchev–Trinajstić information content (AvgIpc) is 2.50. The largest absolute Gasteiger partial charge is 0.314 e. The summed E-state index contributed by atoms with van der Waals surface area (Å²) < 4.78 is 0. The normalized spacial score (nSPS) is 33.6. The molecule has 1 aliphatic rings. The van der Waals surface area contributed by atoms with Crippen LogP contribution in [-0.2, 0) is 0 Å². The van der Waals surface area contributed by atoms with E-state index in [9.17, 15) is 0 Å². The van der Waals surface area contributed by atoms with Crippen molar-refractivity contribution in [3.8, 4) is 0 Å². The van der Waals surface area contributed by atoms with Gasteiger partial charge < -0.3 is 5.32 Å². The lowest BCUT2D eigenvalue weighted by molar-refractivity contribution is 0.697. The molecule has 1 fully saturated rings. The monoisotopic (exact) mass is 125 g/mol. The second-order valence-electron chi connectivity index (χ2n) is 2.59. The van der Waals surface area contributed by atoms with E-state index in [0.717, 1.165) is 18.5 Å². The third-order valence-electron chi connectivity index (χ3n) is 1.75. The van der Waals surface area contributed by atoms with Gasteiger partial charge in [0.2, 0.25) is 0 Å². The Morgan fingerprint density at radius 2 is 2.44 bits per heavy atom. The minimum atomic E-state index is 0.797. The van der Waals surface area contributed by atoms with Crippen LogP contribution in [0, 0.1) is 5.92 Å². The number of allylic oxidation sites excluding steroid dienone is 1. The van der Waals surface area contributed by atoms with Crippen molar-refractivity contribution in [1.82, 2.24) is 5.32 Å². The summed E-state index contributed by atoms with van der Waals surface area (Å²) in [5.41, 5.74) is 0. The molecular formula is C8H15N. The van der Waals surface area contributed by atoms with E-state index in [1.807, 2.05) is 0 Å². The van der Waals surface area contributed by atoms with E-state index in [2.05, 4.69) is 31.3 Å². The fourth-order valence-corrected chi connectivity index (χ4v) is 1.17. The molecule has 2 atom stereocenters.